The molecule has 0 saturated carbocycles. The Kier molecular flexibility index (Phi) is 6.55. The number of fused-ring (bicyclic) bond motifs is 1. The predicted molar refractivity (Wildman–Crippen MR) is 109 cm³/mol. The van der Waals surface area contributed by atoms with Crippen LogP contribution in [0.15, 0.2) is 59.6 Å². The van der Waals surface area contributed by atoms with Gasteiger partial charge < -0.3 is 10.1 Å². The molecule has 3 aromatic rings. The smallest absolute Gasteiger partial charge is 0.316 e. The molecule has 0 fully saturated rings. The number of nitrogens with one attached hydrogen (secondary N) is 1. The third-order valence-corrected chi connectivity index (χ3v) is 4.97. The number of anilines is 1. The van der Waals surface area contributed by atoms with Crippen LogP contribution in [0, 0.1) is 0 Å². The first-order chi connectivity index (χ1) is 13.0. The highest BCUT2D eigenvalue weighted by Gasteiger charge is 2.11. The monoisotopic (exact) mass is 420 g/mol. The quantitative estimate of drug-likeness (QED) is 0.457. The molecule has 0 saturated heterocycles. The fourth-order valence-electron chi connectivity index (χ4n) is 2.26. The lowest BCUT2D eigenvalue weighted by molar-refractivity contribution is -0.144. The fraction of sp³-hybridized carbons (Fsp3) is 0.105. The van der Waals surface area contributed by atoms with E-state index in [0.29, 0.717) is 5.02 Å². The van der Waals surface area contributed by atoms with Gasteiger partial charge in [-0.1, -0.05) is 53.5 Å². The summed E-state index contributed by atoms with van der Waals surface area (Å²) in [5.74, 6) is -0.757. The first-order valence-corrected chi connectivity index (χ1v) is 9.63. The van der Waals surface area contributed by atoms with Crippen molar-refractivity contribution in [3.05, 3.63) is 64.8 Å². The van der Waals surface area contributed by atoms with Crippen molar-refractivity contribution in [2.75, 3.05) is 17.7 Å². The molecular formula is C19H14Cl2N2O3S. The van der Waals surface area contributed by atoms with Crippen LogP contribution in [-0.4, -0.2) is 29.2 Å². The van der Waals surface area contributed by atoms with Gasteiger partial charge in [0, 0.05) is 11.1 Å². The van der Waals surface area contributed by atoms with E-state index >= 15 is 0 Å². The maximum Gasteiger partial charge on any atom is 0.316 e. The maximum atomic E-state index is 11.9. The fourth-order valence-corrected chi connectivity index (χ4v) is 3.43. The minimum atomic E-state index is -0.532. The lowest BCUT2D eigenvalue weighted by Gasteiger charge is -2.08. The van der Waals surface area contributed by atoms with Gasteiger partial charge in [-0.15, -0.1) is 11.8 Å². The Morgan fingerprint density at radius 2 is 1.85 bits per heavy atom. The first-order valence-electron chi connectivity index (χ1n) is 7.89. The molecule has 1 heterocycles. The average molecular weight is 421 g/mol. The molecule has 3 rings (SSSR count). The van der Waals surface area contributed by atoms with E-state index in [9.17, 15) is 9.59 Å². The second-order valence-electron chi connectivity index (χ2n) is 5.49. The normalized spacial score (nSPS) is 10.6. The van der Waals surface area contributed by atoms with Gasteiger partial charge >= 0.3 is 5.97 Å². The molecule has 1 N–H and O–H groups in total. The molecule has 0 bridgehead atoms. The molecule has 0 atom stereocenters. The van der Waals surface area contributed by atoms with E-state index in [2.05, 4.69) is 10.3 Å². The maximum absolute atomic E-state index is 11.9. The number of benzene rings is 2. The summed E-state index contributed by atoms with van der Waals surface area (Å²) in [5.41, 5.74) is 0. The van der Waals surface area contributed by atoms with E-state index in [1.54, 1.807) is 0 Å². The number of halogens is 2. The first kappa shape index (κ1) is 19.5. The Morgan fingerprint density at radius 1 is 1.07 bits per heavy atom. The molecule has 8 heteroatoms. The van der Waals surface area contributed by atoms with Crippen LogP contribution in [0.3, 0.4) is 0 Å². The van der Waals surface area contributed by atoms with Crippen LogP contribution in [-0.2, 0) is 14.3 Å². The molecular weight excluding hydrogens is 407 g/mol. The SMILES string of the molecule is O=C(COC(=O)CSc1ccc2ccccc2c1)Nc1ncc(Cl)cc1Cl. The third-order valence-electron chi connectivity index (χ3n) is 3.51. The molecule has 0 aliphatic rings. The predicted octanol–water partition coefficient (Wildman–Crippen LogP) is 4.82. The summed E-state index contributed by atoms with van der Waals surface area (Å²) in [7, 11) is 0. The molecule has 27 heavy (non-hydrogen) atoms. The zero-order valence-electron chi connectivity index (χ0n) is 13.9. The van der Waals surface area contributed by atoms with Gasteiger partial charge in [0.2, 0.25) is 0 Å². The summed E-state index contributed by atoms with van der Waals surface area (Å²) >= 11 is 13.0. The van der Waals surface area contributed by atoms with E-state index in [4.69, 9.17) is 27.9 Å². The molecule has 1 amide bonds. The van der Waals surface area contributed by atoms with Crippen molar-refractivity contribution in [2.24, 2.45) is 0 Å². The van der Waals surface area contributed by atoms with Crippen molar-refractivity contribution in [3.8, 4) is 0 Å². The average Bonchev–Trinajstić information content (AvgIpc) is 2.67. The van der Waals surface area contributed by atoms with Gasteiger partial charge in [0.05, 0.1) is 15.8 Å². The number of hydrogen-bond acceptors (Lipinski definition) is 5. The molecule has 5 nitrogen and oxygen atoms in total. The number of esters is 1. The summed E-state index contributed by atoms with van der Waals surface area (Å²) in [6.45, 7) is -0.419. The zero-order chi connectivity index (χ0) is 19.2. The molecule has 2 aromatic carbocycles. The van der Waals surface area contributed by atoms with Crippen LogP contribution >= 0.6 is 35.0 Å². The van der Waals surface area contributed by atoms with E-state index in [0.717, 1.165) is 15.7 Å². The van der Waals surface area contributed by atoms with E-state index < -0.39 is 18.5 Å². The molecule has 1 aromatic heterocycles. The highest BCUT2D eigenvalue weighted by molar-refractivity contribution is 8.00. The van der Waals surface area contributed by atoms with Crippen LogP contribution in [0.4, 0.5) is 5.82 Å². The van der Waals surface area contributed by atoms with Crippen LogP contribution in [0.5, 0.6) is 0 Å². The lowest BCUT2D eigenvalue weighted by atomic mass is 10.1. The number of carbonyl (C=O) groups excluding carboxylic acids is 2. The Balaban J connectivity index is 1.46. The van der Waals surface area contributed by atoms with Crippen molar-refractivity contribution in [2.45, 2.75) is 4.90 Å². The van der Waals surface area contributed by atoms with Crippen LogP contribution in [0.25, 0.3) is 10.8 Å². The third kappa shape index (κ3) is 5.60. The number of carbonyl (C=O) groups is 2. The van der Waals surface area contributed by atoms with E-state index in [-0.39, 0.29) is 16.6 Å². The van der Waals surface area contributed by atoms with Crippen molar-refractivity contribution >= 4 is 63.4 Å². The Labute approximate surface area is 170 Å². The number of hydrogen-bond donors (Lipinski definition) is 1. The molecule has 0 aliphatic carbocycles. The topological polar surface area (TPSA) is 68.3 Å². The number of thioether (sulfide) groups is 1. The number of nitrogens with zero attached hydrogens (tertiary/aromatic N) is 1. The molecule has 0 radical (unpaired) electrons. The number of rotatable bonds is 6. The Morgan fingerprint density at radius 3 is 2.63 bits per heavy atom. The summed E-state index contributed by atoms with van der Waals surface area (Å²) in [6, 6.07) is 15.4. The van der Waals surface area contributed by atoms with Gasteiger partial charge in [0.15, 0.2) is 12.4 Å². The number of ether oxygens (including phenoxy) is 1. The largest absolute Gasteiger partial charge is 0.455 e. The molecule has 0 unspecified atom stereocenters. The van der Waals surface area contributed by atoms with Gasteiger partial charge in [-0.25, -0.2) is 4.98 Å². The van der Waals surface area contributed by atoms with Crippen molar-refractivity contribution in [3.63, 3.8) is 0 Å². The lowest BCUT2D eigenvalue weighted by Crippen LogP contribution is -2.22. The van der Waals surface area contributed by atoms with Crippen LogP contribution < -0.4 is 5.32 Å². The zero-order valence-corrected chi connectivity index (χ0v) is 16.3. The number of aromatic nitrogens is 1. The highest BCUT2D eigenvalue weighted by atomic mass is 35.5. The van der Waals surface area contributed by atoms with Gasteiger partial charge in [-0.3, -0.25) is 9.59 Å². The van der Waals surface area contributed by atoms with Gasteiger partial charge in [-0.2, -0.15) is 0 Å². The highest BCUT2D eigenvalue weighted by Crippen LogP contribution is 2.24. The standard InChI is InChI=1S/C19H14Cl2N2O3S/c20-14-8-16(21)19(22-9-14)23-17(24)10-26-18(25)11-27-15-6-5-12-3-1-2-4-13(12)7-15/h1-9H,10-11H2,(H,22,23,24). The minimum absolute atomic E-state index is 0.103. The van der Waals surface area contributed by atoms with E-state index in [1.807, 2.05) is 42.5 Å². The Bertz CT molecular complexity index is 998. The number of amides is 1. The van der Waals surface area contributed by atoms with Gasteiger partial charge in [-0.05, 0) is 29.0 Å². The van der Waals surface area contributed by atoms with Gasteiger partial charge in [0.25, 0.3) is 5.91 Å². The summed E-state index contributed by atoms with van der Waals surface area (Å²) < 4.78 is 4.98. The summed E-state index contributed by atoms with van der Waals surface area (Å²) in [4.78, 5) is 28.6. The number of pyridine rings is 1. The summed E-state index contributed by atoms with van der Waals surface area (Å²) in [6.07, 6.45) is 1.36. The van der Waals surface area contributed by atoms with Crippen molar-refractivity contribution < 1.29 is 14.3 Å². The molecule has 0 aliphatic heterocycles. The van der Waals surface area contributed by atoms with E-state index in [1.165, 1.54) is 24.0 Å². The van der Waals surface area contributed by atoms with Gasteiger partial charge in [0.1, 0.15) is 0 Å². The summed E-state index contributed by atoms with van der Waals surface area (Å²) in [5, 5.41) is 5.26. The second kappa shape index (κ2) is 9.08. The Hall–Kier alpha value is -2.28. The van der Waals surface area contributed by atoms with Crippen molar-refractivity contribution in [1.82, 2.24) is 4.98 Å². The van der Waals surface area contributed by atoms with Crippen LogP contribution in [0.2, 0.25) is 10.0 Å². The van der Waals surface area contributed by atoms with Crippen LogP contribution in [0.1, 0.15) is 0 Å². The van der Waals surface area contributed by atoms with Crippen molar-refractivity contribution in [1.29, 1.82) is 0 Å². The molecule has 0 spiro atoms. The molecule has 138 valence electrons. The second-order valence-corrected chi connectivity index (χ2v) is 7.38. The minimum Gasteiger partial charge on any atom is -0.455 e.